The Morgan fingerprint density at radius 1 is 1.38 bits per heavy atom. The molecule has 0 radical (unpaired) electrons. The molecule has 1 aromatic rings. The first-order valence-corrected chi connectivity index (χ1v) is 7.97. The van der Waals surface area contributed by atoms with Crippen LogP contribution < -0.4 is 15.0 Å². The molecule has 3 nitrogen and oxygen atoms in total. The number of rotatable bonds is 5. The molecule has 0 bridgehead atoms. The van der Waals surface area contributed by atoms with Gasteiger partial charge in [-0.25, -0.2) is 0 Å². The lowest BCUT2D eigenvalue weighted by molar-refractivity contribution is 0.146. The number of ether oxygens (including phenoxy) is 1. The molecule has 1 aliphatic rings. The fourth-order valence-corrected chi connectivity index (χ4v) is 3.61. The van der Waals surface area contributed by atoms with E-state index in [0.717, 1.165) is 12.3 Å². The summed E-state index contributed by atoms with van der Waals surface area (Å²) in [5, 5.41) is 3.52. The Hall–Kier alpha value is -1.22. The Morgan fingerprint density at radius 3 is 2.81 bits per heavy atom. The van der Waals surface area contributed by atoms with E-state index in [1.54, 1.807) is 7.11 Å². The van der Waals surface area contributed by atoms with Gasteiger partial charge in [-0.3, -0.25) is 0 Å². The molecule has 0 aromatic heterocycles. The molecule has 0 saturated heterocycles. The van der Waals surface area contributed by atoms with Crippen molar-refractivity contribution in [1.29, 1.82) is 0 Å². The minimum absolute atomic E-state index is 0.466. The molecule has 2 atom stereocenters. The van der Waals surface area contributed by atoms with Gasteiger partial charge in [-0.15, -0.1) is 0 Å². The number of methoxy groups -OCH3 is 1. The Balaban J connectivity index is 2.07. The van der Waals surface area contributed by atoms with E-state index < -0.39 is 0 Å². The molecule has 1 aliphatic carbocycles. The van der Waals surface area contributed by atoms with E-state index in [1.807, 2.05) is 6.07 Å². The van der Waals surface area contributed by atoms with E-state index in [0.29, 0.717) is 17.4 Å². The third-order valence-corrected chi connectivity index (χ3v) is 4.89. The summed E-state index contributed by atoms with van der Waals surface area (Å²) < 4.78 is 5.33. The zero-order chi connectivity index (χ0) is 15.5. The quantitative estimate of drug-likeness (QED) is 0.897. The zero-order valence-corrected chi connectivity index (χ0v) is 14.1. The van der Waals surface area contributed by atoms with E-state index in [9.17, 15) is 0 Å². The van der Waals surface area contributed by atoms with Crippen molar-refractivity contribution >= 4 is 5.69 Å². The summed E-state index contributed by atoms with van der Waals surface area (Å²) in [5.41, 5.74) is 1.69. The third kappa shape index (κ3) is 4.13. The molecule has 1 N–H and O–H groups in total. The second-order valence-electron chi connectivity index (χ2n) is 7.14. The van der Waals surface area contributed by atoms with Gasteiger partial charge in [0.1, 0.15) is 5.75 Å². The number of benzene rings is 1. The van der Waals surface area contributed by atoms with Gasteiger partial charge in [-0.05, 0) is 49.8 Å². The van der Waals surface area contributed by atoms with Crippen LogP contribution in [-0.2, 0) is 0 Å². The lowest BCUT2D eigenvalue weighted by atomic mass is 9.69. The normalized spacial score (nSPS) is 24.6. The van der Waals surface area contributed by atoms with Crippen LogP contribution in [0.4, 0.5) is 5.69 Å². The summed E-state index contributed by atoms with van der Waals surface area (Å²) >= 11 is 0. The Morgan fingerprint density at radius 2 is 2.14 bits per heavy atom. The summed E-state index contributed by atoms with van der Waals surface area (Å²) in [6.07, 6.45) is 3.88. The molecular weight excluding hydrogens is 260 g/mol. The summed E-state index contributed by atoms with van der Waals surface area (Å²) in [7, 11) is 6.00. The summed E-state index contributed by atoms with van der Waals surface area (Å²) in [6.45, 7) is 5.89. The Kier molecular flexibility index (Phi) is 5.15. The van der Waals surface area contributed by atoms with Crippen molar-refractivity contribution in [2.75, 3.05) is 32.6 Å². The highest BCUT2D eigenvalue weighted by molar-refractivity contribution is 5.50. The van der Waals surface area contributed by atoms with Crippen LogP contribution in [0.5, 0.6) is 5.75 Å². The van der Waals surface area contributed by atoms with E-state index in [1.165, 1.54) is 24.9 Å². The largest absolute Gasteiger partial charge is 0.497 e. The molecule has 2 unspecified atom stereocenters. The Bertz CT molecular complexity index is 458. The standard InChI is InChI=1S/C18H30N2O/c1-18(2)10-9-17(19-3)14(12-18)13-20(4)15-7-6-8-16(11-15)21-5/h6-8,11,14,17,19H,9-10,12-13H2,1-5H3. The molecule has 21 heavy (non-hydrogen) atoms. The number of nitrogens with one attached hydrogen (secondary N) is 1. The molecule has 0 aliphatic heterocycles. The maximum absolute atomic E-state index is 5.33. The van der Waals surface area contributed by atoms with Gasteiger partial charge in [0.15, 0.2) is 0 Å². The summed E-state index contributed by atoms with van der Waals surface area (Å²) in [4.78, 5) is 2.36. The lowest BCUT2D eigenvalue weighted by Crippen LogP contribution is -2.45. The summed E-state index contributed by atoms with van der Waals surface area (Å²) in [6, 6.07) is 8.96. The van der Waals surface area contributed by atoms with Crippen LogP contribution in [0.3, 0.4) is 0 Å². The first-order chi connectivity index (χ1) is 9.95. The van der Waals surface area contributed by atoms with Gasteiger partial charge >= 0.3 is 0 Å². The number of hydrogen-bond donors (Lipinski definition) is 1. The predicted octanol–water partition coefficient (Wildman–Crippen LogP) is 3.55. The molecule has 3 heteroatoms. The zero-order valence-electron chi connectivity index (χ0n) is 14.1. The van der Waals surface area contributed by atoms with Crippen LogP contribution in [0.25, 0.3) is 0 Å². The molecular formula is C18H30N2O. The fourth-order valence-electron chi connectivity index (χ4n) is 3.61. The van der Waals surface area contributed by atoms with E-state index in [4.69, 9.17) is 4.74 Å². The third-order valence-electron chi connectivity index (χ3n) is 4.89. The SMILES string of the molecule is CNC1CCC(C)(C)CC1CN(C)c1cccc(OC)c1. The molecule has 0 heterocycles. The first kappa shape index (κ1) is 16.2. The van der Waals surface area contributed by atoms with Gasteiger partial charge in [-0.1, -0.05) is 19.9 Å². The highest BCUT2D eigenvalue weighted by Crippen LogP contribution is 2.39. The predicted molar refractivity (Wildman–Crippen MR) is 90.2 cm³/mol. The smallest absolute Gasteiger partial charge is 0.120 e. The van der Waals surface area contributed by atoms with Gasteiger partial charge < -0.3 is 15.0 Å². The van der Waals surface area contributed by atoms with Crippen molar-refractivity contribution in [3.8, 4) is 5.75 Å². The van der Waals surface area contributed by atoms with Crippen molar-refractivity contribution in [2.24, 2.45) is 11.3 Å². The van der Waals surface area contributed by atoms with Crippen LogP contribution in [0.15, 0.2) is 24.3 Å². The van der Waals surface area contributed by atoms with Crippen LogP contribution in [0.2, 0.25) is 0 Å². The van der Waals surface area contributed by atoms with Crippen LogP contribution >= 0.6 is 0 Å². The lowest BCUT2D eigenvalue weighted by Gasteiger charge is -2.42. The second-order valence-corrected chi connectivity index (χ2v) is 7.14. The van der Waals surface area contributed by atoms with E-state index in [-0.39, 0.29) is 0 Å². The number of anilines is 1. The monoisotopic (exact) mass is 290 g/mol. The van der Waals surface area contributed by atoms with Gasteiger partial charge in [0.25, 0.3) is 0 Å². The average molecular weight is 290 g/mol. The van der Waals surface area contributed by atoms with Gasteiger partial charge in [0, 0.05) is 31.4 Å². The molecule has 2 rings (SSSR count). The fraction of sp³-hybridized carbons (Fsp3) is 0.667. The highest BCUT2D eigenvalue weighted by Gasteiger charge is 2.34. The van der Waals surface area contributed by atoms with Crippen molar-refractivity contribution in [1.82, 2.24) is 5.32 Å². The average Bonchev–Trinajstić information content (AvgIpc) is 2.46. The second kappa shape index (κ2) is 6.69. The van der Waals surface area contributed by atoms with Crippen LogP contribution in [0.1, 0.15) is 33.1 Å². The maximum Gasteiger partial charge on any atom is 0.120 e. The topological polar surface area (TPSA) is 24.5 Å². The molecule has 118 valence electrons. The molecule has 1 aromatic carbocycles. The van der Waals surface area contributed by atoms with Crippen molar-refractivity contribution in [2.45, 2.75) is 39.2 Å². The van der Waals surface area contributed by atoms with Crippen LogP contribution in [0, 0.1) is 11.3 Å². The number of nitrogens with zero attached hydrogens (tertiary/aromatic N) is 1. The highest BCUT2D eigenvalue weighted by atomic mass is 16.5. The van der Waals surface area contributed by atoms with Gasteiger partial charge in [0.05, 0.1) is 7.11 Å². The minimum atomic E-state index is 0.466. The van der Waals surface area contributed by atoms with Crippen molar-refractivity contribution in [3.63, 3.8) is 0 Å². The summed E-state index contributed by atoms with van der Waals surface area (Å²) in [5.74, 6) is 1.61. The minimum Gasteiger partial charge on any atom is -0.497 e. The van der Waals surface area contributed by atoms with Crippen LogP contribution in [-0.4, -0.2) is 33.8 Å². The van der Waals surface area contributed by atoms with Crippen molar-refractivity contribution in [3.05, 3.63) is 24.3 Å². The molecule has 1 fully saturated rings. The van der Waals surface area contributed by atoms with Gasteiger partial charge in [-0.2, -0.15) is 0 Å². The van der Waals surface area contributed by atoms with Crippen molar-refractivity contribution < 1.29 is 4.74 Å². The molecule has 0 amide bonds. The van der Waals surface area contributed by atoms with E-state index >= 15 is 0 Å². The van der Waals surface area contributed by atoms with Gasteiger partial charge in [0.2, 0.25) is 0 Å². The van der Waals surface area contributed by atoms with E-state index in [2.05, 4.69) is 56.4 Å². The number of hydrogen-bond acceptors (Lipinski definition) is 3. The first-order valence-electron chi connectivity index (χ1n) is 7.97. The molecule has 0 spiro atoms. The molecule has 1 saturated carbocycles. The Labute approximate surface area is 129 Å². The maximum atomic E-state index is 5.33.